The van der Waals surface area contributed by atoms with Crippen molar-refractivity contribution in [1.29, 1.82) is 0 Å². The van der Waals surface area contributed by atoms with Crippen LogP contribution in [0.4, 0.5) is 20.2 Å². The summed E-state index contributed by atoms with van der Waals surface area (Å²) in [5.74, 6) is -2.40. The predicted octanol–water partition coefficient (Wildman–Crippen LogP) is 2.45. The number of halogens is 2. The Morgan fingerprint density at radius 1 is 1.50 bits per heavy atom. The van der Waals surface area contributed by atoms with Crippen LogP contribution in [-0.4, -0.2) is 22.7 Å². The molecule has 7 heteroatoms. The van der Waals surface area contributed by atoms with Crippen LogP contribution in [0.5, 0.6) is 0 Å². The number of rotatable bonds is 6. The number of benzene rings is 1. The lowest BCUT2D eigenvalue weighted by Gasteiger charge is -2.09. The van der Waals surface area contributed by atoms with Gasteiger partial charge in [-0.05, 0) is 25.8 Å². The van der Waals surface area contributed by atoms with E-state index in [1.807, 2.05) is 0 Å². The van der Waals surface area contributed by atoms with Crippen molar-refractivity contribution < 1.29 is 18.8 Å². The number of nitrogens with one attached hydrogen (secondary N) is 1. The second kappa shape index (κ2) is 6.25. The van der Waals surface area contributed by atoms with Crippen molar-refractivity contribution in [1.82, 2.24) is 0 Å². The highest BCUT2D eigenvalue weighted by Crippen LogP contribution is 2.28. The van der Waals surface area contributed by atoms with E-state index in [4.69, 9.17) is 5.11 Å². The molecule has 18 heavy (non-hydrogen) atoms. The largest absolute Gasteiger partial charge is 0.393 e. The van der Waals surface area contributed by atoms with Gasteiger partial charge in [-0.25, -0.2) is 8.78 Å². The van der Waals surface area contributed by atoms with Crippen molar-refractivity contribution in [3.63, 3.8) is 0 Å². The SMILES string of the molecule is CC(O)CCCNc1c([N+](=O)[O-])ccc(F)c1F. The predicted molar refractivity (Wildman–Crippen MR) is 62.4 cm³/mol. The van der Waals surface area contributed by atoms with Crippen molar-refractivity contribution in [3.05, 3.63) is 33.9 Å². The van der Waals surface area contributed by atoms with Gasteiger partial charge in [-0.3, -0.25) is 10.1 Å². The number of aliphatic hydroxyl groups excluding tert-OH is 1. The van der Waals surface area contributed by atoms with Gasteiger partial charge in [0.25, 0.3) is 5.69 Å². The fourth-order valence-electron chi connectivity index (χ4n) is 1.47. The van der Waals surface area contributed by atoms with Gasteiger partial charge in [-0.2, -0.15) is 0 Å². The molecule has 1 unspecified atom stereocenters. The van der Waals surface area contributed by atoms with Crippen LogP contribution in [0.25, 0.3) is 0 Å². The lowest BCUT2D eigenvalue weighted by atomic mass is 10.2. The van der Waals surface area contributed by atoms with Crippen LogP contribution in [0, 0.1) is 21.7 Å². The van der Waals surface area contributed by atoms with Crippen LogP contribution in [0.3, 0.4) is 0 Å². The maximum absolute atomic E-state index is 13.4. The summed E-state index contributed by atoms with van der Waals surface area (Å²) in [6.07, 6.45) is 0.460. The Bertz CT molecular complexity index is 439. The second-order valence-corrected chi connectivity index (χ2v) is 3.93. The summed E-state index contributed by atoms with van der Waals surface area (Å²) < 4.78 is 26.4. The van der Waals surface area contributed by atoms with E-state index in [0.717, 1.165) is 6.07 Å². The third-order valence-electron chi connectivity index (χ3n) is 2.37. The molecule has 0 saturated heterocycles. The Morgan fingerprint density at radius 2 is 2.17 bits per heavy atom. The molecule has 0 aliphatic carbocycles. The van der Waals surface area contributed by atoms with E-state index >= 15 is 0 Å². The lowest BCUT2D eigenvalue weighted by molar-refractivity contribution is -0.384. The Morgan fingerprint density at radius 3 is 2.72 bits per heavy atom. The lowest BCUT2D eigenvalue weighted by Crippen LogP contribution is -2.10. The Hall–Kier alpha value is -1.76. The molecule has 0 aromatic heterocycles. The van der Waals surface area contributed by atoms with Gasteiger partial charge >= 0.3 is 0 Å². The highest BCUT2D eigenvalue weighted by atomic mass is 19.2. The number of aliphatic hydroxyl groups is 1. The summed E-state index contributed by atoms with van der Waals surface area (Å²) in [4.78, 5) is 9.88. The zero-order chi connectivity index (χ0) is 13.7. The fourth-order valence-corrected chi connectivity index (χ4v) is 1.47. The van der Waals surface area contributed by atoms with E-state index in [1.165, 1.54) is 0 Å². The maximum Gasteiger partial charge on any atom is 0.295 e. The zero-order valence-corrected chi connectivity index (χ0v) is 9.82. The summed E-state index contributed by atoms with van der Waals surface area (Å²) >= 11 is 0. The summed E-state index contributed by atoms with van der Waals surface area (Å²) in [5.41, 5.74) is -0.962. The van der Waals surface area contributed by atoms with Gasteiger partial charge in [0.05, 0.1) is 11.0 Å². The molecular weight excluding hydrogens is 246 g/mol. The first-order chi connectivity index (χ1) is 8.43. The van der Waals surface area contributed by atoms with Crippen molar-refractivity contribution in [3.8, 4) is 0 Å². The molecule has 100 valence electrons. The summed E-state index contributed by atoms with van der Waals surface area (Å²) in [6.45, 7) is 1.82. The molecule has 1 atom stereocenters. The van der Waals surface area contributed by atoms with Gasteiger partial charge < -0.3 is 10.4 Å². The monoisotopic (exact) mass is 260 g/mol. The Kier molecular flexibility index (Phi) is 4.96. The van der Waals surface area contributed by atoms with Gasteiger partial charge in [0.15, 0.2) is 17.3 Å². The van der Waals surface area contributed by atoms with Crippen molar-refractivity contribution in [2.75, 3.05) is 11.9 Å². The van der Waals surface area contributed by atoms with E-state index in [2.05, 4.69) is 5.32 Å². The van der Waals surface area contributed by atoms with E-state index in [0.29, 0.717) is 18.9 Å². The van der Waals surface area contributed by atoms with Crippen LogP contribution in [0.1, 0.15) is 19.8 Å². The molecule has 0 saturated carbocycles. The van der Waals surface area contributed by atoms with Crippen molar-refractivity contribution in [2.24, 2.45) is 0 Å². The molecule has 1 aromatic carbocycles. The molecule has 5 nitrogen and oxygen atoms in total. The van der Waals surface area contributed by atoms with Gasteiger partial charge in [0.2, 0.25) is 0 Å². The van der Waals surface area contributed by atoms with Crippen LogP contribution in [-0.2, 0) is 0 Å². The van der Waals surface area contributed by atoms with Crippen molar-refractivity contribution in [2.45, 2.75) is 25.9 Å². The summed E-state index contributed by atoms with van der Waals surface area (Å²) in [7, 11) is 0. The van der Waals surface area contributed by atoms with Gasteiger partial charge in [-0.15, -0.1) is 0 Å². The Labute approximate surface area is 103 Å². The number of hydrogen-bond donors (Lipinski definition) is 2. The smallest absolute Gasteiger partial charge is 0.295 e. The molecule has 1 rings (SSSR count). The molecule has 1 aromatic rings. The molecule has 0 amide bonds. The first-order valence-corrected chi connectivity index (χ1v) is 5.47. The molecular formula is C11H14F2N2O3. The number of nitro benzene ring substituents is 1. The van der Waals surface area contributed by atoms with Gasteiger partial charge in [-0.1, -0.05) is 0 Å². The fraction of sp³-hybridized carbons (Fsp3) is 0.455. The van der Waals surface area contributed by atoms with Crippen LogP contribution < -0.4 is 5.32 Å². The third kappa shape index (κ3) is 3.63. The highest BCUT2D eigenvalue weighted by molar-refractivity contribution is 5.62. The Balaban J connectivity index is 2.79. The number of hydrogen-bond acceptors (Lipinski definition) is 4. The molecule has 0 bridgehead atoms. The molecule has 2 N–H and O–H groups in total. The highest BCUT2D eigenvalue weighted by Gasteiger charge is 2.20. The molecule has 0 heterocycles. The van der Waals surface area contributed by atoms with E-state index in [9.17, 15) is 18.9 Å². The standard InChI is InChI=1S/C11H14F2N2O3/c1-7(16)3-2-6-14-11-9(15(17)18)5-4-8(12)10(11)13/h4-5,7,14,16H,2-3,6H2,1H3. The molecule has 0 aliphatic rings. The maximum atomic E-state index is 13.4. The number of anilines is 1. The van der Waals surface area contributed by atoms with E-state index in [1.54, 1.807) is 6.92 Å². The molecule has 0 radical (unpaired) electrons. The molecule has 0 aliphatic heterocycles. The summed E-state index contributed by atoms with van der Waals surface area (Å²) in [6, 6.07) is 1.63. The average molecular weight is 260 g/mol. The van der Waals surface area contributed by atoms with E-state index in [-0.39, 0.29) is 6.54 Å². The van der Waals surface area contributed by atoms with Gasteiger partial charge in [0.1, 0.15) is 0 Å². The minimum atomic E-state index is -1.26. The second-order valence-electron chi connectivity index (χ2n) is 3.93. The number of nitro groups is 1. The zero-order valence-electron chi connectivity index (χ0n) is 9.82. The minimum Gasteiger partial charge on any atom is -0.393 e. The first kappa shape index (κ1) is 14.3. The molecule has 0 fully saturated rings. The third-order valence-corrected chi connectivity index (χ3v) is 2.37. The summed E-state index contributed by atoms with van der Waals surface area (Å²) in [5, 5.41) is 22.2. The van der Waals surface area contributed by atoms with Crippen molar-refractivity contribution >= 4 is 11.4 Å². The van der Waals surface area contributed by atoms with E-state index < -0.39 is 34.0 Å². The van der Waals surface area contributed by atoms with Gasteiger partial charge in [0, 0.05) is 12.6 Å². The molecule has 0 spiro atoms. The minimum absolute atomic E-state index is 0.214. The quantitative estimate of drug-likeness (QED) is 0.468. The average Bonchev–Trinajstić information content (AvgIpc) is 2.29. The van der Waals surface area contributed by atoms with Crippen LogP contribution in [0.2, 0.25) is 0 Å². The number of nitrogens with zero attached hydrogens (tertiary/aromatic N) is 1. The first-order valence-electron chi connectivity index (χ1n) is 5.47. The van der Waals surface area contributed by atoms with Crippen LogP contribution in [0.15, 0.2) is 12.1 Å². The topological polar surface area (TPSA) is 75.4 Å². The normalized spacial score (nSPS) is 12.2. The van der Waals surface area contributed by atoms with Crippen LogP contribution >= 0.6 is 0 Å².